The Labute approximate surface area is 71.1 Å². The van der Waals surface area contributed by atoms with Crippen LogP contribution in [-0.2, 0) is 0 Å². The summed E-state index contributed by atoms with van der Waals surface area (Å²) >= 11 is 0. The van der Waals surface area contributed by atoms with E-state index in [1.807, 2.05) is 6.07 Å². The van der Waals surface area contributed by atoms with E-state index in [0.29, 0.717) is 5.69 Å². The quantitative estimate of drug-likeness (QED) is 0.500. The van der Waals surface area contributed by atoms with Gasteiger partial charge in [0.05, 0.1) is 0 Å². The second kappa shape index (κ2) is 2.20. The summed E-state index contributed by atoms with van der Waals surface area (Å²) in [5.41, 5.74) is 2.07. The van der Waals surface area contributed by atoms with Crippen molar-refractivity contribution in [3.05, 3.63) is 36.2 Å². The molecule has 0 N–H and O–H groups in total. The van der Waals surface area contributed by atoms with Crippen molar-refractivity contribution in [2.24, 2.45) is 0 Å². The van der Waals surface area contributed by atoms with Crippen molar-refractivity contribution in [2.75, 3.05) is 0 Å². The third-order valence-corrected chi connectivity index (χ3v) is 2.03. The van der Waals surface area contributed by atoms with Crippen LogP contribution in [0, 0.1) is 0 Å². The molecule has 0 aromatic carbocycles. The lowest BCUT2D eigenvalue weighted by atomic mass is 10.2. The lowest BCUT2D eigenvalue weighted by Gasteiger charge is -2.08. The Morgan fingerprint density at radius 2 is 2.33 bits per heavy atom. The maximum absolute atomic E-state index is 11.4. The van der Waals surface area contributed by atoms with Crippen molar-refractivity contribution in [2.45, 2.75) is 0 Å². The number of pyridine rings is 1. The molecule has 3 nitrogen and oxygen atoms in total. The first-order valence-corrected chi connectivity index (χ1v) is 3.64. The number of carbonyl (C=O) groups is 1. The lowest BCUT2D eigenvalue weighted by Crippen LogP contribution is -2.18. The van der Waals surface area contributed by atoms with E-state index >= 15 is 0 Å². The van der Waals surface area contributed by atoms with E-state index in [4.69, 9.17) is 0 Å². The normalized spacial score (nSPS) is 15.2. The predicted molar refractivity (Wildman–Crippen MR) is 48.0 cm³/mol. The van der Waals surface area contributed by atoms with Crippen molar-refractivity contribution in [1.29, 1.82) is 0 Å². The smallest absolute Gasteiger partial charge is 0.264 e. The molecular formula is C8H7BN2O. The first kappa shape index (κ1) is 7.09. The zero-order chi connectivity index (χ0) is 8.72. The first-order chi connectivity index (χ1) is 5.72. The highest BCUT2D eigenvalue weighted by atomic mass is 16.2. The highest BCUT2D eigenvalue weighted by Crippen LogP contribution is 2.27. The van der Waals surface area contributed by atoms with E-state index in [1.165, 1.54) is 4.81 Å². The molecule has 0 bridgehead atoms. The van der Waals surface area contributed by atoms with E-state index in [2.05, 4.69) is 11.6 Å². The average molecular weight is 158 g/mol. The molecule has 1 aromatic rings. The molecule has 0 radical (unpaired) electrons. The number of hydrogen-bond donors (Lipinski definition) is 0. The van der Waals surface area contributed by atoms with Crippen molar-refractivity contribution in [1.82, 2.24) is 9.79 Å². The maximum Gasteiger partial charge on any atom is 0.264 e. The summed E-state index contributed by atoms with van der Waals surface area (Å²) in [6.07, 6.45) is 1.61. The molecule has 0 saturated heterocycles. The van der Waals surface area contributed by atoms with Gasteiger partial charge in [-0.15, -0.1) is 0 Å². The molecule has 12 heavy (non-hydrogen) atoms. The van der Waals surface area contributed by atoms with Crippen LogP contribution in [-0.4, -0.2) is 23.7 Å². The monoisotopic (exact) mass is 158 g/mol. The van der Waals surface area contributed by atoms with E-state index in [0.717, 1.165) is 11.3 Å². The van der Waals surface area contributed by atoms with Crippen molar-refractivity contribution < 1.29 is 4.79 Å². The predicted octanol–water partition coefficient (Wildman–Crippen LogP) is 0.0562. The molecule has 0 fully saturated rings. The van der Waals surface area contributed by atoms with Crippen LogP contribution in [0.1, 0.15) is 16.1 Å². The summed E-state index contributed by atoms with van der Waals surface area (Å²) in [5.74, 6) is -0.0735. The van der Waals surface area contributed by atoms with Gasteiger partial charge in [-0.05, 0) is 12.1 Å². The molecule has 0 unspecified atom stereocenters. The molecular weight excluding hydrogens is 151 g/mol. The fourth-order valence-corrected chi connectivity index (χ4v) is 1.27. The topological polar surface area (TPSA) is 33.2 Å². The van der Waals surface area contributed by atoms with Crippen molar-refractivity contribution >= 4 is 19.6 Å². The highest BCUT2D eigenvalue weighted by Gasteiger charge is 2.28. The molecule has 1 amide bonds. The van der Waals surface area contributed by atoms with E-state index < -0.39 is 0 Å². The number of amides is 1. The maximum atomic E-state index is 11.4. The fourth-order valence-electron chi connectivity index (χ4n) is 1.27. The lowest BCUT2D eigenvalue weighted by molar-refractivity contribution is 0.0913. The molecule has 0 aliphatic carbocycles. The zero-order valence-electron chi connectivity index (χ0n) is 6.74. The Hall–Kier alpha value is -1.58. The van der Waals surface area contributed by atoms with Gasteiger partial charge in [-0.3, -0.25) is 9.78 Å². The Morgan fingerprint density at radius 3 is 3.00 bits per heavy atom. The number of fused-ring (bicyclic) bond motifs is 1. The molecule has 1 aliphatic heterocycles. The summed E-state index contributed by atoms with van der Waals surface area (Å²) in [6, 6.07) is 3.66. The minimum Gasteiger partial charge on any atom is -0.360 e. The molecule has 58 valence electrons. The number of aromatic nitrogens is 1. The minimum atomic E-state index is -0.0735. The third-order valence-electron chi connectivity index (χ3n) is 2.03. The summed E-state index contributed by atoms with van der Waals surface area (Å²) in [6.45, 7) is 3.79. The Kier molecular flexibility index (Phi) is 1.30. The highest BCUT2D eigenvalue weighted by molar-refractivity contribution is 6.26. The van der Waals surface area contributed by atoms with Crippen LogP contribution in [0.25, 0.3) is 5.70 Å². The fraction of sp³-hybridized carbons (Fsp3) is 0. The first-order valence-electron chi connectivity index (χ1n) is 3.64. The van der Waals surface area contributed by atoms with E-state index in [-0.39, 0.29) is 5.91 Å². The van der Waals surface area contributed by atoms with E-state index in [9.17, 15) is 4.79 Å². The number of carbonyl (C=O) groups excluding carboxylic acids is 1. The number of nitrogens with zero attached hydrogens (tertiary/aromatic N) is 2. The average Bonchev–Trinajstić information content (AvgIpc) is 2.33. The summed E-state index contributed by atoms with van der Waals surface area (Å²) in [7, 11) is 1.70. The zero-order valence-corrected chi connectivity index (χ0v) is 6.74. The molecule has 1 aromatic heterocycles. The molecule has 0 spiro atoms. The SMILES string of the molecule is BN1C(=C)c2cccnc2C1=O. The van der Waals surface area contributed by atoms with Gasteiger partial charge in [0.2, 0.25) is 7.98 Å². The summed E-state index contributed by atoms with van der Waals surface area (Å²) < 4.78 is 0. The second-order valence-electron chi connectivity index (χ2n) is 2.71. The number of rotatable bonds is 0. The van der Waals surface area contributed by atoms with Gasteiger partial charge in [0.25, 0.3) is 5.91 Å². The molecule has 1 aliphatic rings. The van der Waals surface area contributed by atoms with Crippen LogP contribution in [0.3, 0.4) is 0 Å². The van der Waals surface area contributed by atoms with Gasteiger partial charge in [0.15, 0.2) is 0 Å². The van der Waals surface area contributed by atoms with Gasteiger partial charge in [-0.2, -0.15) is 0 Å². The van der Waals surface area contributed by atoms with Gasteiger partial charge in [-0.25, -0.2) is 0 Å². The van der Waals surface area contributed by atoms with E-state index in [1.54, 1.807) is 20.2 Å². The van der Waals surface area contributed by atoms with Crippen LogP contribution in [0.2, 0.25) is 0 Å². The Balaban J connectivity index is 2.67. The molecule has 0 saturated carbocycles. The van der Waals surface area contributed by atoms with Crippen LogP contribution in [0.4, 0.5) is 0 Å². The molecule has 2 rings (SSSR count). The largest absolute Gasteiger partial charge is 0.360 e. The third kappa shape index (κ3) is 0.719. The standard InChI is InChI=1S/C8H7BN2O/c1-5-6-3-2-4-10-7(6)8(12)11(5)9/h2-4H,1,9H2. The van der Waals surface area contributed by atoms with Gasteiger partial charge in [-0.1, -0.05) is 6.58 Å². The molecule has 4 heteroatoms. The van der Waals surface area contributed by atoms with Crippen molar-refractivity contribution in [3.8, 4) is 0 Å². The Bertz CT molecular complexity index is 340. The summed E-state index contributed by atoms with van der Waals surface area (Å²) in [4.78, 5) is 16.9. The van der Waals surface area contributed by atoms with Crippen LogP contribution in [0.5, 0.6) is 0 Å². The van der Waals surface area contributed by atoms with Gasteiger partial charge in [0, 0.05) is 17.5 Å². The summed E-state index contributed by atoms with van der Waals surface area (Å²) in [5, 5.41) is 0. The van der Waals surface area contributed by atoms with Gasteiger partial charge >= 0.3 is 0 Å². The minimum absolute atomic E-state index is 0.0735. The van der Waals surface area contributed by atoms with Crippen LogP contribution >= 0.6 is 0 Å². The second-order valence-corrected chi connectivity index (χ2v) is 2.71. The number of hydrogen-bond acceptors (Lipinski definition) is 2. The van der Waals surface area contributed by atoms with Crippen LogP contribution < -0.4 is 0 Å². The molecule has 2 heterocycles. The Morgan fingerprint density at radius 1 is 1.58 bits per heavy atom. The molecule has 0 atom stereocenters. The van der Waals surface area contributed by atoms with Crippen LogP contribution in [0.15, 0.2) is 24.9 Å². The van der Waals surface area contributed by atoms with Gasteiger partial charge in [0.1, 0.15) is 5.69 Å². The van der Waals surface area contributed by atoms with Gasteiger partial charge < -0.3 is 4.81 Å². The van der Waals surface area contributed by atoms with Crippen molar-refractivity contribution in [3.63, 3.8) is 0 Å².